The number of nitrogens with zero attached hydrogens (tertiary/aromatic N) is 5. The van der Waals surface area contributed by atoms with Gasteiger partial charge in [0, 0.05) is 60.4 Å². The van der Waals surface area contributed by atoms with E-state index in [2.05, 4.69) is 173 Å². The van der Waals surface area contributed by atoms with Crippen molar-refractivity contribution in [1.82, 2.24) is 24.1 Å². The zero-order valence-electron chi connectivity index (χ0n) is 37.2. The van der Waals surface area contributed by atoms with Gasteiger partial charge in [-0.05, 0) is 101 Å². The molecule has 0 unspecified atom stereocenters. The minimum absolute atomic E-state index is 0.593. The molecule has 0 fully saturated rings. The van der Waals surface area contributed by atoms with E-state index in [0.29, 0.717) is 17.5 Å². The van der Waals surface area contributed by atoms with Gasteiger partial charge in [0.15, 0.2) is 17.5 Å². The molecule has 0 saturated carbocycles. The second-order valence-electron chi connectivity index (χ2n) is 17.6. The number of aromatic nitrogens is 5. The zero-order valence-corrected chi connectivity index (χ0v) is 37.2. The van der Waals surface area contributed by atoms with Gasteiger partial charge in [-0.3, -0.25) is 0 Å². The Labute approximate surface area is 396 Å². The van der Waals surface area contributed by atoms with Crippen LogP contribution in [0.3, 0.4) is 0 Å². The molecule has 0 aliphatic carbocycles. The fourth-order valence-electron chi connectivity index (χ4n) is 10.4. The molecule has 0 N–H and O–H groups in total. The Bertz CT molecular complexity index is 4230. The standard InChI is InChI=1S/C63H39N5O/c1-5-16-40(17-6-1)43-28-32-56-51(36-43)52-39-47(31-34-57(52)67(56)46-22-11-4-12-23-46)68-54-26-14-13-24-48(54)50-37-44(29-33-55(50)68)45-30-35-58-53(38-45)60-49(25-15-27-59(60)69-58)63-65-61(41-18-7-2-8-19-41)64-62(66-63)42-20-9-3-10-21-42/h1-39H. The van der Waals surface area contributed by atoms with E-state index in [1.54, 1.807) is 0 Å². The van der Waals surface area contributed by atoms with E-state index in [1.165, 1.54) is 43.7 Å². The fraction of sp³-hybridized carbons (Fsp3) is 0. The maximum absolute atomic E-state index is 6.55. The van der Waals surface area contributed by atoms with E-state index in [0.717, 1.165) is 72.2 Å². The van der Waals surface area contributed by atoms with Crippen molar-refractivity contribution < 1.29 is 4.42 Å². The summed E-state index contributed by atoms with van der Waals surface area (Å²) in [5, 5.41) is 6.78. The van der Waals surface area contributed by atoms with Gasteiger partial charge in [0.1, 0.15) is 11.2 Å². The van der Waals surface area contributed by atoms with Gasteiger partial charge in [0.2, 0.25) is 0 Å². The Morgan fingerprint density at radius 1 is 0.275 bits per heavy atom. The summed E-state index contributed by atoms with van der Waals surface area (Å²) in [7, 11) is 0. The second-order valence-corrected chi connectivity index (χ2v) is 17.6. The lowest BCUT2D eigenvalue weighted by Gasteiger charge is -2.11. The van der Waals surface area contributed by atoms with Gasteiger partial charge in [-0.1, -0.05) is 158 Å². The number of para-hydroxylation sites is 2. The Balaban J connectivity index is 0.920. The molecule has 322 valence electrons. The van der Waals surface area contributed by atoms with Crippen LogP contribution in [-0.2, 0) is 0 Å². The lowest BCUT2D eigenvalue weighted by atomic mass is 9.99. The monoisotopic (exact) mass is 881 g/mol. The van der Waals surface area contributed by atoms with Gasteiger partial charge in [-0.25, -0.2) is 15.0 Å². The summed E-state index contributed by atoms with van der Waals surface area (Å²) in [4.78, 5) is 15.2. The van der Waals surface area contributed by atoms with Crippen molar-refractivity contribution in [2.75, 3.05) is 0 Å². The van der Waals surface area contributed by atoms with E-state index in [-0.39, 0.29) is 0 Å². The van der Waals surface area contributed by atoms with Gasteiger partial charge in [-0.15, -0.1) is 0 Å². The highest BCUT2D eigenvalue weighted by molar-refractivity contribution is 6.15. The Hall–Kier alpha value is -9.39. The molecule has 4 heterocycles. The molecule has 14 aromatic rings. The van der Waals surface area contributed by atoms with Crippen LogP contribution >= 0.6 is 0 Å². The highest BCUT2D eigenvalue weighted by atomic mass is 16.3. The molecule has 10 aromatic carbocycles. The second kappa shape index (κ2) is 15.6. The van der Waals surface area contributed by atoms with Crippen LogP contribution in [0.4, 0.5) is 0 Å². The van der Waals surface area contributed by atoms with Gasteiger partial charge < -0.3 is 13.6 Å². The van der Waals surface area contributed by atoms with Crippen molar-refractivity contribution in [2.24, 2.45) is 0 Å². The lowest BCUT2D eigenvalue weighted by Crippen LogP contribution is -2.00. The van der Waals surface area contributed by atoms with E-state index in [9.17, 15) is 0 Å². The normalized spacial score (nSPS) is 11.8. The van der Waals surface area contributed by atoms with Crippen LogP contribution in [0.5, 0.6) is 0 Å². The topological polar surface area (TPSA) is 61.7 Å². The van der Waals surface area contributed by atoms with Crippen LogP contribution in [0.2, 0.25) is 0 Å². The largest absolute Gasteiger partial charge is 0.456 e. The lowest BCUT2D eigenvalue weighted by molar-refractivity contribution is 0.669. The Kier molecular flexibility index (Phi) is 8.79. The summed E-state index contributed by atoms with van der Waals surface area (Å²) in [6, 6.07) is 83.5. The first-order chi connectivity index (χ1) is 34.2. The molecule has 0 aliphatic rings. The Morgan fingerprint density at radius 2 is 0.754 bits per heavy atom. The molecule has 0 radical (unpaired) electrons. The van der Waals surface area contributed by atoms with Crippen LogP contribution in [0, 0.1) is 0 Å². The predicted octanol–water partition coefficient (Wildman–Crippen LogP) is 16.3. The molecule has 6 nitrogen and oxygen atoms in total. The molecule has 0 bridgehead atoms. The van der Waals surface area contributed by atoms with Crippen molar-refractivity contribution in [2.45, 2.75) is 0 Å². The number of hydrogen-bond donors (Lipinski definition) is 0. The summed E-state index contributed by atoms with van der Waals surface area (Å²) < 4.78 is 11.4. The SMILES string of the molecule is c1ccc(-c2ccc3c(c2)c2cc(-n4c5ccccc5c5cc(-c6ccc7oc8cccc(-c9nc(-c%10ccccc%10)nc(-c%10ccccc%10)n9)c8c7c6)ccc54)ccc2n3-c2ccccc2)cc1. The highest BCUT2D eigenvalue weighted by Gasteiger charge is 2.21. The minimum atomic E-state index is 0.593. The van der Waals surface area contributed by atoms with Crippen molar-refractivity contribution in [3.8, 4) is 67.8 Å². The highest BCUT2D eigenvalue weighted by Crippen LogP contribution is 2.42. The first-order valence-electron chi connectivity index (χ1n) is 23.3. The molecule has 69 heavy (non-hydrogen) atoms. The summed E-state index contributed by atoms with van der Waals surface area (Å²) in [6.07, 6.45) is 0. The van der Waals surface area contributed by atoms with Gasteiger partial charge in [0.25, 0.3) is 0 Å². The van der Waals surface area contributed by atoms with Crippen molar-refractivity contribution in [3.63, 3.8) is 0 Å². The molecule has 0 saturated heterocycles. The Morgan fingerprint density at radius 3 is 1.42 bits per heavy atom. The van der Waals surface area contributed by atoms with Crippen LogP contribution in [0.25, 0.3) is 133 Å². The van der Waals surface area contributed by atoms with E-state index < -0.39 is 0 Å². The van der Waals surface area contributed by atoms with Crippen LogP contribution in [-0.4, -0.2) is 24.1 Å². The molecule has 0 atom stereocenters. The first-order valence-corrected chi connectivity index (χ1v) is 23.3. The summed E-state index contributed by atoms with van der Waals surface area (Å²) in [6.45, 7) is 0. The third-order valence-corrected chi connectivity index (χ3v) is 13.6. The van der Waals surface area contributed by atoms with E-state index in [1.807, 2.05) is 72.8 Å². The predicted molar refractivity (Wildman–Crippen MR) is 283 cm³/mol. The molecule has 4 aromatic heterocycles. The maximum atomic E-state index is 6.55. The van der Waals surface area contributed by atoms with Gasteiger partial charge >= 0.3 is 0 Å². The minimum Gasteiger partial charge on any atom is -0.456 e. The number of rotatable bonds is 7. The van der Waals surface area contributed by atoms with E-state index in [4.69, 9.17) is 19.4 Å². The third kappa shape index (κ3) is 6.38. The van der Waals surface area contributed by atoms with Crippen molar-refractivity contribution in [1.29, 1.82) is 0 Å². The average molecular weight is 882 g/mol. The van der Waals surface area contributed by atoms with E-state index >= 15 is 0 Å². The van der Waals surface area contributed by atoms with Crippen molar-refractivity contribution in [3.05, 3.63) is 237 Å². The number of hydrogen-bond acceptors (Lipinski definition) is 4. The molecule has 0 amide bonds. The molecular formula is C63H39N5O. The third-order valence-electron chi connectivity index (χ3n) is 13.6. The summed E-state index contributed by atoms with van der Waals surface area (Å²) in [5.74, 6) is 1.83. The fourth-order valence-corrected chi connectivity index (χ4v) is 10.4. The average Bonchev–Trinajstić information content (AvgIpc) is 4.08. The molecule has 0 aliphatic heterocycles. The molecule has 0 spiro atoms. The van der Waals surface area contributed by atoms with Crippen LogP contribution in [0.1, 0.15) is 0 Å². The molecule has 14 rings (SSSR count). The quantitative estimate of drug-likeness (QED) is 0.160. The summed E-state index contributed by atoms with van der Waals surface area (Å²) >= 11 is 0. The number of furan rings is 1. The van der Waals surface area contributed by atoms with Crippen molar-refractivity contribution >= 4 is 65.6 Å². The molecular weight excluding hydrogens is 843 g/mol. The molecule has 6 heteroatoms. The first kappa shape index (κ1) is 38.8. The van der Waals surface area contributed by atoms with Gasteiger partial charge in [0.05, 0.1) is 22.1 Å². The number of fused-ring (bicyclic) bond motifs is 9. The zero-order chi connectivity index (χ0) is 45.4. The van der Waals surface area contributed by atoms with Crippen LogP contribution < -0.4 is 0 Å². The van der Waals surface area contributed by atoms with Gasteiger partial charge in [-0.2, -0.15) is 0 Å². The smallest absolute Gasteiger partial charge is 0.164 e. The number of benzene rings is 10. The maximum Gasteiger partial charge on any atom is 0.164 e. The van der Waals surface area contributed by atoms with Crippen LogP contribution in [0.15, 0.2) is 241 Å². The summed E-state index contributed by atoms with van der Waals surface area (Å²) in [5.41, 5.74) is 15.8.